The summed E-state index contributed by atoms with van der Waals surface area (Å²) >= 11 is 3.28. The van der Waals surface area contributed by atoms with Crippen LogP contribution >= 0.6 is 15.9 Å². The minimum absolute atomic E-state index is 0.0821. The van der Waals surface area contributed by atoms with Crippen LogP contribution in [-0.4, -0.2) is 46.0 Å². The van der Waals surface area contributed by atoms with Crippen LogP contribution in [0.2, 0.25) is 0 Å². The van der Waals surface area contributed by atoms with E-state index in [1.54, 1.807) is 24.3 Å². The predicted octanol–water partition coefficient (Wildman–Crippen LogP) is 1.70. The Bertz CT molecular complexity index is 571. The van der Waals surface area contributed by atoms with Crippen molar-refractivity contribution in [1.82, 2.24) is 4.90 Å². The normalized spacial score (nSPS) is 21.9. The van der Waals surface area contributed by atoms with Crippen LogP contribution in [0, 0.1) is 11.8 Å². The summed E-state index contributed by atoms with van der Waals surface area (Å²) in [4.78, 5) is 36.0. The van der Waals surface area contributed by atoms with Gasteiger partial charge in [0.1, 0.15) is 0 Å². The van der Waals surface area contributed by atoms with Crippen molar-refractivity contribution in [2.75, 3.05) is 13.1 Å². The number of hydrogen-bond acceptors (Lipinski definition) is 3. The fourth-order valence-electron chi connectivity index (χ4n) is 2.46. The second-order valence-electron chi connectivity index (χ2n) is 4.94. The molecule has 1 amide bonds. The number of carboxylic acids is 2. The zero-order valence-electron chi connectivity index (χ0n) is 11.0. The van der Waals surface area contributed by atoms with E-state index >= 15 is 0 Å². The maximum absolute atomic E-state index is 12.3. The van der Waals surface area contributed by atoms with Gasteiger partial charge in [-0.3, -0.25) is 14.4 Å². The number of carbonyl (C=O) groups excluding carboxylic acids is 1. The zero-order chi connectivity index (χ0) is 15.6. The van der Waals surface area contributed by atoms with E-state index in [4.69, 9.17) is 10.2 Å². The Morgan fingerprint density at radius 1 is 1.05 bits per heavy atom. The third kappa shape index (κ3) is 3.41. The summed E-state index contributed by atoms with van der Waals surface area (Å²) < 4.78 is 0.840. The van der Waals surface area contributed by atoms with Crippen LogP contribution in [0.3, 0.4) is 0 Å². The second-order valence-corrected chi connectivity index (χ2v) is 5.85. The summed E-state index contributed by atoms with van der Waals surface area (Å²) in [7, 11) is 0. The first kappa shape index (κ1) is 15.5. The molecule has 2 N–H and O–H groups in total. The minimum atomic E-state index is -1.18. The lowest BCUT2D eigenvalue weighted by Crippen LogP contribution is -2.48. The molecule has 1 fully saturated rings. The average molecular weight is 356 g/mol. The molecular formula is C14H14BrNO5. The van der Waals surface area contributed by atoms with Crippen molar-refractivity contribution in [1.29, 1.82) is 0 Å². The molecule has 0 spiro atoms. The van der Waals surface area contributed by atoms with Crippen LogP contribution in [0.5, 0.6) is 0 Å². The van der Waals surface area contributed by atoms with Crippen molar-refractivity contribution in [3.8, 4) is 0 Å². The second kappa shape index (κ2) is 6.26. The molecule has 1 aliphatic rings. The summed E-state index contributed by atoms with van der Waals surface area (Å²) in [6, 6.07) is 6.74. The number of likely N-dealkylation sites (tertiary alicyclic amines) is 1. The number of benzene rings is 1. The van der Waals surface area contributed by atoms with Crippen LogP contribution in [0.25, 0.3) is 0 Å². The van der Waals surface area contributed by atoms with Gasteiger partial charge in [-0.25, -0.2) is 0 Å². The lowest BCUT2D eigenvalue weighted by Gasteiger charge is -2.34. The molecule has 112 valence electrons. The molecule has 1 aromatic carbocycles. The van der Waals surface area contributed by atoms with Crippen molar-refractivity contribution in [2.24, 2.45) is 11.8 Å². The summed E-state index contributed by atoms with van der Waals surface area (Å²) in [6.07, 6.45) is 0.147. The molecule has 2 atom stereocenters. The highest BCUT2D eigenvalue weighted by Crippen LogP contribution is 2.25. The molecule has 1 saturated heterocycles. The van der Waals surface area contributed by atoms with Gasteiger partial charge in [-0.05, 0) is 30.7 Å². The van der Waals surface area contributed by atoms with Crippen molar-refractivity contribution in [3.05, 3.63) is 34.3 Å². The first-order valence-electron chi connectivity index (χ1n) is 6.40. The van der Waals surface area contributed by atoms with E-state index in [9.17, 15) is 14.4 Å². The summed E-state index contributed by atoms with van der Waals surface area (Å²) in [5, 5.41) is 18.2. The van der Waals surface area contributed by atoms with Crippen LogP contribution in [0.1, 0.15) is 16.8 Å². The first-order valence-corrected chi connectivity index (χ1v) is 7.20. The van der Waals surface area contributed by atoms with Gasteiger partial charge in [-0.2, -0.15) is 0 Å². The number of carboxylic acid groups (broad SMARTS) is 2. The molecule has 0 saturated carbocycles. The van der Waals surface area contributed by atoms with Gasteiger partial charge >= 0.3 is 11.9 Å². The number of aliphatic carboxylic acids is 2. The molecule has 0 bridgehead atoms. The SMILES string of the molecule is O=C(O)C1CCN(C(=O)c2ccc(Br)cc2)CC1C(=O)O. The van der Waals surface area contributed by atoms with E-state index < -0.39 is 23.8 Å². The number of amides is 1. The third-order valence-corrected chi connectivity index (χ3v) is 4.15. The van der Waals surface area contributed by atoms with Crippen LogP contribution < -0.4 is 0 Å². The molecule has 2 unspecified atom stereocenters. The molecular weight excluding hydrogens is 342 g/mol. The molecule has 0 radical (unpaired) electrons. The molecule has 0 aromatic heterocycles. The fourth-order valence-corrected chi connectivity index (χ4v) is 2.72. The van der Waals surface area contributed by atoms with Gasteiger partial charge in [-0.15, -0.1) is 0 Å². The van der Waals surface area contributed by atoms with Gasteiger partial charge in [0.15, 0.2) is 0 Å². The van der Waals surface area contributed by atoms with E-state index in [0.717, 1.165) is 4.47 Å². The van der Waals surface area contributed by atoms with E-state index in [0.29, 0.717) is 5.56 Å². The monoisotopic (exact) mass is 355 g/mol. The number of rotatable bonds is 3. The Hall–Kier alpha value is -1.89. The number of carbonyl (C=O) groups is 3. The highest BCUT2D eigenvalue weighted by atomic mass is 79.9. The maximum atomic E-state index is 12.3. The Morgan fingerprint density at radius 3 is 2.14 bits per heavy atom. The Kier molecular flexibility index (Phi) is 4.62. The van der Waals surface area contributed by atoms with Gasteiger partial charge in [0, 0.05) is 23.1 Å². The van der Waals surface area contributed by atoms with E-state index in [-0.39, 0.29) is 25.4 Å². The Morgan fingerprint density at radius 2 is 1.62 bits per heavy atom. The van der Waals surface area contributed by atoms with Gasteiger partial charge in [0.2, 0.25) is 0 Å². The highest BCUT2D eigenvalue weighted by molar-refractivity contribution is 9.10. The number of hydrogen-bond donors (Lipinski definition) is 2. The highest BCUT2D eigenvalue weighted by Gasteiger charge is 2.40. The van der Waals surface area contributed by atoms with Crippen molar-refractivity contribution in [3.63, 3.8) is 0 Å². The Labute approximate surface area is 129 Å². The number of nitrogens with zero attached hydrogens (tertiary/aromatic N) is 1. The summed E-state index contributed by atoms with van der Waals surface area (Å²) in [6.45, 7) is 0.164. The molecule has 1 heterocycles. The van der Waals surface area contributed by atoms with Crippen molar-refractivity contribution < 1.29 is 24.6 Å². The largest absolute Gasteiger partial charge is 0.481 e. The van der Waals surface area contributed by atoms with Gasteiger partial charge in [0.25, 0.3) is 5.91 Å². The van der Waals surface area contributed by atoms with E-state index in [1.807, 2.05) is 0 Å². The Balaban J connectivity index is 2.15. The zero-order valence-corrected chi connectivity index (χ0v) is 12.6. The lowest BCUT2D eigenvalue weighted by atomic mass is 9.85. The molecule has 21 heavy (non-hydrogen) atoms. The molecule has 1 aliphatic heterocycles. The molecule has 0 aliphatic carbocycles. The molecule has 7 heteroatoms. The van der Waals surface area contributed by atoms with Crippen molar-refractivity contribution in [2.45, 2.75) is 6.42 Å². The smallest absolute Gasteiger partial charge is 0.309 e. The topological polar surface area (TPSA) is 94.9 Å². The van der Waals surface area contributed by atoms with E-state index in [1.165, 1.54) is 4.90 Å². The van der Waals surface area contributed by atoms with Crippen LogP contribution in [0.15, 0.2) is 28.7 Å². The van der Waals surface area contributed by atoms with Crippen LogP contribution in [0.4, 0.5) is 0 Å². The fraction of sp³-hybridized carbons (Fsp3) is 0.357. The van der Waals surface area contributed by atoms with Gasteiger partial charge in [0.05, 0.1) is 11.8 Å². The predicted molar refractivity (Wildman–Crippen MR) is 76.9 cm³/mol. The standard InChI is InChI=1S/C14H14BrNO5/c15-9-3-1-8(2-4-9)12(17)16-6-5-10(13(18)19)11(7-16)14(20)21/h1-4,10-11H,5-7H2,(H,18,19)(H,20,21). The maximum Gasteiger partial charge on any atom is 0.309 e. The summed E-state index contributed by atoms with van der Waals surface area (Å²) in [5.41, 5.74) is 0.455. The van der Waals surface area contributed by atoms with E-state index in [2.05, 4.69) is 15.9 Å². The first-order chi connectivity index (χ1) is 9.90. The van der Waals surface area contributed by atoms with Crippen molar-refractivity contribution >= 4 is 33.8 Å². The minimum Gasteiger partial charge on any atom is -0.481 e. The third-order valence-electron chi connectivity index (χ3n) is 3.63. The lowest BCUT2D eigenvalue weighted by molar-refractivity contribution is -0.156. The average Bonchev–Trinajstić information content (AvgIpc) is 2.46. The van der Waals surface area contributed by atoms with Gasteiger partial charge < -0.3 is 15.1 Å². The molecule has 1 aromatic rings. The van der Waals surface area contributed by atoms with Crippen LogP contribution in [-0.2, 0) is 9.59 Å². The molecule has 2 rings (SSSR count). The number of halogens is 1. The molecule has 6 nitrogen and oxygen atoms in total. The van der Waals surface area contributed by atoms with Gasteiger partial charge in [-0.1, -0.05) is 15.9 Å². The number of piperidine rings is 1. The quantitative estimate of drug-likeness (QED) is 0.860. The summed E-state index contributed by atoms with van der Waals surface area (Å²) in [5.74, 6) is -4.61.